The van der Waals surface area contributed by atoms with Gasteiger partial charge < -0.3 is 5.21 Å². The van der Waals surface area contributed by atoms with Crippen molar-refractivity contribution in [2.75, 3.05) is 6.54 Å². The molecular formula is C30H47NO. The van der Waals surface area contributed by atoms with E-state index in [1.165, 1.54) is 89.9 Å². The average Bonchev–Trinajstić information content (AvgIpc) is 2.84. The minimum absolute atomic E-state index is 0.347. The molecule has 2 nitrogen and oxygen atoms in total. The van der Waals surface area contributed by atoms with Crippen LogP contribution in [0.2, 0.25) is 0 Å². The maximum atomic E-state index is 13.8. The van der Waals surface area contributed by atoms with Crippen LogP contribution >= 0.6 is 0 Å². The molecule has 32 heavy (non-hydrogen) atoms. The Kier molecular flexibility index (Phi) is 14.1. The molecule has 0 aromatic heterocycles. The summed E-state index contributed by atoms with van der Waals surface area (Å²) in [5, 5.41) is 13.8. The van der Waals surface area contributed by atoms with Gasteiger partial charge in [0.1, 0.15) is 11.4 Å². The average molecular weight is 438 g/mol. The predicted molar refractivity (Wildman–Crippen MR) is 142 cm³/mol. The van der Waals surface area contributed by atoms with Crippen molar-refractivity contribution in [3.63, 3.8) is 0 Å². The van der Waals surface area contributed by atoms with Gasteiger partial charge in [0, 0.05) is 0 Å². The summed E-state index contributed by atoms with van der Waals surface area (Å²) in [5.74, 6) is 0. The van der Waals surface area contributed by atoms with Crippen LogP contribution < -0.4 is 4.65 Å². The number of benzene rings is 2. The van der Waals surface area contributed by atoms with Crippen molar-refractivity contribution in [2.45, 2.75) is 110 Å². The van der Waals surface area contributed by atoms with Gasteiger partial charge in [0.05, 0.1) is 6.54 Å². The Morgan fingerprint density at radius 3 is 1.12 bits per heavy atom. The summed E-state index contributed by atoms with van der Waals surface area (Å²) in [6, 6.07) is 19.7. The van der Waals surface area contributed by atoms with Gasteiger partial charge in [0.2, 0.25) is 0 Å². The number of hydroxylamine groups is 1. The molecule has 2 aromatic carbocycles. The third kappa shape index (κ3) is 10.3. The van der Waals surface area contributed by atoms with Gasteiger partial charge >= 0.3 is 0 Å². The lowest BCUT2D eigenvalue weighted by Gasteiger charge is -2.41. The molecule has 0 unspecified atom stereocenters. The fourth-order valence-corrected chi connectivity index (χ4v) is 4.63. The number of quaternary nitrogens is 1. The predicted octanol–water partition coefficient (Wildman–Crippen LogP) is 10.1. The monoisotopic (exact) mass is 437 g/mol. The summed E-state index contributed by atoms with van der Waals surface area (Å²) in [4.78, 5) is 0. The van der Waals surface area contributed by atoms with Crippen molar-refractivity contribution in [1.82, 2.24) is 4.65 Å². The van der Waals surface area contributed by atoms with Gasteiger partial charge in [-0.3, -0.25) is 4.65 Å². The summed E-state index contributed by atoms with van der Waals surface area (Å²) in [5.41, 5.74) is 1.67. The van der Waals surface area contributed by atoms with Crippen LogP contribution in [0, 0.1) is 5.21 Å². The van der Waals surface area contributed by atoms with E-state index in [4.69, 9.17) is 0 Å². The number of hydrogen-bond donors (Lipinski definition) is 0. The molecule has 178 valence electrons. The van der Waals surface area contributed by atoms with Crippen molar-refractivity contribution in [3.8, 4) is 0 Å². The molecule has 0 spiro atoms. The van der Waals surface area contributed by atoms with Gasteiger partial charge in [-0.1, -0.05) is 133 Å². The first kappa shape index (κ1) is 26.6. The molecule has 0 radical (unpaired) electrons. The Morgan fingerprint density at radius 2 is 0.781 bits per heavy atom. The van der Waals surface area contributed by atoms with E-state index in [0.29, 0.717) is 6.54 Å². The third-order valence-electron chi connectivity index (χ3n) is 6.67. The molecule has 0 saturated carbocycles. The topological polar surface area (TPSA) is 23.1 Å². The maximum absolute atomic E-state index is 13.8. The first-order valence-corrected chi connectivity index (χ1v) is 13.5. The fraction of sp³-hybridized carbons (Fsp3) is 0.600. The third-order valence-corrected chi connectivity index (χ3v) is 6.67. The van der Waals surface area contributed by atoms with E-state index in [2.05, 4.69) is 6.92 Å². The Labute approximate surface area is 198 Å². The van der Waals surface area contributed by atoms with E-state index in [1.54, 1.807) is 0 Å². The molecule has 2 aromatic rings. The largest absolute Gasteiger partial charge is 0.622 e. The van der Waals surface area contributed by atoms with Crippen molar-refractivity contribution < 1.29 is 0 Å². The van der Waals surface area contributed by atoms with Crippen molar-refractivity contribution in [3.05, 3.63) is 65.9 Å². The van der Waals surface area contributed by atoms with Gasteiger partial charge in [-0.2, -0.15) is 0 Å². The molecule has 2 heteroatoms. The van der Waals surface area contributed by atoms with Crippen molar-refractivity contribution in [1.29, 1.82) is 0 Å². The van der Waals surface area contributed by atoms with Crippen LogP contribution in [0.3, 0.4) is 0 Å². The molecule has 0 fully saturated rings. The van der Waals surface area contributed by atoms with Crippen LogP contribution in [0.5, 0.6) is 0 Å². The standard InChI is InChI=1S/C30H47NO/c1-2-3-4-5-6-7-8-9-10-11-12-13-14-15-16-23-28-31(32,29-24-19-17-20-25-29)30-26-21-18-22-27-30/h17-22,24-27H,2-16,23,28H2,1H3. The normalized spacial score (nSPS) is 11.7. The molecule has 2 rings (SSSR count). The van der Waals surface area contributed by atoms with Crippen LogP contribution in [-0.2, 0) is 0 Å². The lowest BCUT2D eigenvalue weighted by molar-refractivity contribution is 0.464. The van der Waals surface area contributed by atoms with Crippen LogP contribution in [0.4, 0.5) is 11.4 Å². The van der Waals surface area contributed by atoms with Gasteiger partial charge in [-0.05, 0) is 37.1 Å². The zero-order valence-corrected chi connectivity index (χ0v) is 20.6. The Balaban J connectivity index is 1.52. The van der Waals surface area contributed by atoms with Crippen LogP contribution in [0.15, 0.2) is 60.7 Å². The lowest BCUT2D eigenvalue weighted by Crippen LogP contribution is -2.38. The van der Waals surface area contributed by atoms with Crippen LogP contribution in [0.25, 0.3) is 0 Å². The van der Waals surface area contributed by atoms with Crippen LogP contribution in [-0.4, -0.2) is 6.54 Å². The van der Waals surface area contributed by atoms with Gasteiger partial charge in [-0.15, -0.1) is 0 Å². The molecule has 0 bridgehead atoms. The summed E-state index contributed by atoms with van der Waals surface area (Å²) in [6.07, 6.45) is 21.6. The second-order valence-electron chi connectivity index (χ2n) is 9.44. The number of rotatable bonds is 19. The second-order valence-corrected chi connectivity index (χ2v) is 9.44. The SMILES string of the molecule is CCCCCCCCCCCCCCCCCC[N+]([O-])(c1ccccc1)c1ccccc1. The summed E-state index contributed by atoms with van der Waals surface area (Å²) < 4.78 is -0.347. The highest BCUT2D eigenvalue weighted by molar-refractivity contribution is 5.58. The molecule has 0 N–H and O–H groups in total. The van der Waals surface area contributed by atoms with Gasteiger partial charge in [0.15, 0.2) is 0 Å². The lowest BCUT2D eigenvalue weighted by atomic mass is 10.0. The number of para-hydroxylation sites is 2. The summed E-state index contributed by atoms with van der Waals surface area (Å²) in [6.45, 7) is 2.90. The van der Waals surface area contributed by atoms with E-state index >= 15 is 0 Å². The number of unbranched alkanes of at least 4 members (excludes halogenated alkanes) is 15. The van der Waals surface area contributed by atoms with E-state index in [0.717, 1.165) is 24.2 Å². The maximum Gasteiger partial charge on any atom is 0.137 e. The highest BCUT2D eigenvalue weighted by atomic mass is 16.5. The fourth-order valence-electron chi connectivity index (χ4n) is 4.63. The highest BCUT2D eigenvalue weighted by Gasteiger charge is 2.22. The summed E-state index contributed by atoms with van der Waals surface area (Å²) >= 11 is 0. The Morgan fingerprint density at radius 1 is 0.469 bits per heavy atom. The molecule has 0 heterocycles. The van der Waals surface area contributed by atoms with Crippen molar-refractivity contribution in [2.24, 2.45) is 0 Å². The molecule has 0 atom stereocenters. The van der Waals surface area contributed by atoms with E-state index in [9.17, 15) is 5.21 Å². The zero-order valence-electron chi connectivity index (χ0n) is 20.6. The summed E-state index contributed by atoms with van der Waals surface area (Å²) in [7, 11) is 0. The highest BCUT2D eigenvalue weighted by Crippen LogP contribution is 2.33. The number of nitrogens with zero attached hydrogens (tertiary/aromatic N) is 1. The van der Waals surface area contributed by atoms with E-state index in [1.807, 2.05) is 60.7 Å². The van der Waals surface area contributed by atoms with Gasteiger partial charge in [0.25, 0.3) is 0 Å². The molecule has 0 saturated heterocycles. The minimum Gasteiger partial charge on any atom is -0.622 e. The zero-order chi connectivity index (χ0) is 22.7. The molecule has 0 aliphatic heterocycles. The van der Waals surface area contributed by atoms with Crippen molar-refractivity contribution >= 4 is 11.4 Å². The quantitative estimate of drug-likeness (QED) is 0.122. The first-order chi connectivity index (χ1) is 15.8. The van der Waals surface area contributed by atoms with E-state index in [-0.39, 0.29) is 4.65 Å². The minimum atomic E-state index is -0.347. The molecule has 0 aliphatic carbocycles. The van der Waals surface area contributed by atoms with Gasteiger partial charge in [-0.25, -0.2) is 0 Å². The smallest absolute Gasteiger partial charge is 0.137 e. The van der Waals surface area contributed by atoms with Crippen LogP contribution in [0.1, 0.15) is 110 Å². The Hall–Kier alpha value is -1.64. The first-order valence-electron chi connectivity index (χ1n) is 13.5. The number of hydrogen-bond acceptors (Lipinski definition) is 1. The second kappa shape index (κ2) is 16.9. The Bertz CT molecular complexity index is 630. The van der Waals surface area contributed by atoms with E-state index < -0.39 is 0 Å². The molecule has 0 aliphatic rings. The molecular weight excluding hydrogens is 390 g/mol. The molecule has 0 amide bonds.